The number of hydrogen-bond acceptors (Lipinski definition) is 8. The Morgan fingerprint density at radius 1 is 1.12 bits per heavy atom. The van der Waals surface area contributed by atoms with Crippen molar-refractivity contribution in [1.82, 2.24) is 24.8 Å². The van der Waals surface area contributed by atoms with Crippen molar-refractivity contribution >= 4 is 45.1 Å². The summed E-state index contributed by atoms with van der Waals surface area (Å²) in [7, 11) is 2.08. The summed E-state index contributed by atoms with van der Waals surface area (Å²) in [5.41, 5.74) is 2.04. The lowest BCUT2D eigenvalue weighted by atomic mass is 10.0. The molecule has 2 fully saturated rings. The Bertz CT molecular complexity index is 1750. The van der Waals surface area contributed by atoms with Crippen molar-refractivity contribution in [1.29, 1.82) is 5.26 Å². The first-order valence-corrected chi connectivity index (χ1v) is 14.7. The van der Waals surface area contributed by atoms with Crippen molar-refractivity contribution in [3.8, 4) is 23.3 Å². The standard InChI is InChI=1S/C32H31ClFN7O2/c1-20(34)31(42)41-17-16-40(18-22(41)13-14-35)30-25-11-12-27(24-9-3-6-21-7-4-10-26(33)28(21)24)36-29(25)37-32(38-30)43-19-23-8-5-15-39(23)2/h3-4,6-7,9-12,22-23H,1,5,8,13,15-19H2,2H3/t22-,23+/m0/s1. The molecule has 2 aromatic carbocycles. The summed E-state index contributed by atoms with van der Waals surface area (Å²) >= 11 is 6.63. The van der Waals surface area contributed by atoms with Crippen LogP contribution in [0.3, 0.4) is 0 Å². The van der Waals surface area contributed by atoms with E-state index in [0.29, 0.717) is 40.7 Å². The van der Waals surface area contributed by atoms with Crippen LogP contribution in [0.15, 0.2) is 60.9 Å². The highest BCUT2D eigenvalue weighted by molar-refractivity contribution is 6.36. The zero-order chi connectivity index (χ0) is 30.1. The second-order valence-corrected chi connectivity index (χ2v) is 11.4. The van der Waals surface area contributed by atoms with Gasteiger partial charge in [-0.3, -0.25) is 4.79 Å². The largest absolute Gasteiger partial charge is 0.462 e. The third-order valence-electron chi connectivity index (χ3n) is 8.33. The number of benzene rings is 2. The van der Waals surface area contributed by atoms with Gasteiger partial charge in [0, 0.05) is 41.6 Å². The number of likely N-dealkylation sites (tertiary alicyclic amines) is 1. The van der Waals surface area contributed by atoms with Crippen LogP contribution in [0.4, 0.5) is 10.2 Å². The van der Waals surface area contributed by atoms with Crippen molar-refractivity contribution < 1.29 is 13.9 Å². The summed E-state index contributed by atoms with van der Waals surface area (Å²) in [6.07, 6.45) is 2.19. The maximum Gasteiger partial charge on any atom is 0.320 e. The van der Waals surface area contributed by atoms with Gasteiger partial charge in [-0.15, -0.1) is 0 Å². The van der Waals surface area contributed by atoms with Crippen LogP contribution >= 0.6 is 11.6 Å². The Morgan fingerprint density at radius 3 is 2.67 bits per heavy atom. The number of rotatable bonds is 7. The molecule has 1 amide bonds. The topological polar surface area (TPSA) is 98.5 Å². The van der Waals surface area contributed by atoms with Crippen LogP contribution in [0.5, 0.6) is 6.01 Å². The number of halogens is 2. The van der Waals surface area contributed by atoms with Gasteiger partial charge in [0.1, 0.15) is 12.4 Å². The lowest BCUT2D eigenvalue weighted by Crippen LogP contribution is -2.55. The SMILES string of the molecule is C=C(F)C(=O)N1CCN(c2nc(OC[C@H]3CCCN3C)nc3nc(-c4cccc5cccc(Cl)c45)ccc23)C[C@@H]1CC#N. The van der Waals surface area contributed by atoms with Gasteiger partial charge >= 0.3 is 6.01 Å². The fourth-order valence-corrected chi connectivity index (χ4v) is 6.33. The van der Waals surface area contributed by atoms with Crippen LogP contribution in [-0.2, 0) is 4.79 Å². The lowest BCUT2D eigenvalue weighted by molar-refractivity contribution is -0.131. The maximum atomic E-state index is 13.8. The van der Waals surface area contributed by atoms with Gasteiger partial charge in [-0.2, -0.15) is 15.2 Å². The summed E-state index contributed by atoms with van der Waals surface area (Å²) in [5.74, 6) is -1.25. The van der Waals surface area contributed by atoms with E-state index in [9.17, 15) is 14.4 Å². The Hall–Kier alpha value is -4.33. The van der Waals surface area contributed by atoms with Gasteiger partial charge in [-0.25, -0.2) is 9.37 Å². The summed E-state index contributed by atoms with van der Waals surface area (Å²) in [4.78, 5) is 32.6. The van der Waals surface area contributed by atoms with Crippen molar-refractivity contribution in [3.05, 3.63) is 66.0 Å². The highest BCUT2D eigenvalue weighted by atomic mass is 35.5. The number of piperazine rings is 1. The number of carbonyl (C=O) groups excluding carboxylic acids is 1. The number of amides is 1. The normalized spacial score (nSPS) is 19.1. The van der Waals surface area contributed by atoms with Gasteiger partial charge in [0.2, 0.25) is 0 Å². The smallest absolute Gasteiger partial charge is 0.320 e. The molecule has 0 saturated carbocycles. The molecule has 6 rings (SSSR count). The summed E-state index contributed by atoms with van der Waals surface area (Å²) in [6, 6.07) is 17.7. The van der Waals surface area contributed by atoms with Crippen molar-refractivity contribution in [2.75, 3.05) is 44.7 Å². The second kappa shape index (κ2) is 12.1. The van der Waals surface area contributed by atoms with Crippen LogP contribution in [-0.4, -0.2) is 82.6 Å². The second-order valence-electron chi connectivity index (χ2n) is 11.0. The van der Waals surface area contributed by atoms with Crippen LogP contribution in [0, 0.1) is 11.3 Å². The zero-order valence-electron chi connectivity index (χ0n) is 23.8. The first kappa shape index (κ1) is 28.8. The van der Waals surface area contributed by atoms with E-state index in [1.807, 2.05) is 53.4 Å². The summed E-state index contributed by atoms with van der Waals surface area (Å²) in [5, 5.41) is 12.7. The number of fused-ring (bicyclic) bond motifs is 2. The van der Waals surface area contributed by atoms with Gasteiger partial charge < -0.3 is 19.4 Å². The van der Waals surface area contributed by atoms with E-state index in [1.54, 1.807) is 0 Å². The van der Waals surface area contributed by atoms with Gasteiger partial charge in [0.15, 0.2) is 11.5 Å². The molecule has 0 bridgehead atoms. The molecule has 0 unspecified atom stereocenters. The third kappa shape index (κ3) is 5.70. The van der Waals surface area contributed by atoms with E-state index in [2.05, 4.69) is 24.6 Å². The molecule has 2 aliphatic heterocycles. The number of pyridine rings is 1. The maximum absolute atomic E-state index is 13.8. The molecule has 2 aliphatic rings. The van der Waals surface area contributed by atoms with E-state index in [1.165, 1.54) is 4.90 Å². The third-order valence-corrected chi connectivity index (χ3v) is 8.64. The van der Waals surface area contributed by atoms with Crippen LogP contribution in [0.25, 0.3) is 33.1 Å². The van der Waals surface area contributed by atoms with Crippen LogP contribution < -0.4 is 9.64 Å². The molecular weight excluding hydrogens is 569 g/mol. The molecule has 9 nitrogen and oxygen atoms in total. The first-order chi connectivity index (χ1) is 20.8. The molecule has 0 radical (unpaired) electrons. The zero-order valence-corrected chi connectivity index (χ0v) is 24.6. The minimum atomic E-state index is -1.04. The van der Waals surface area contributed by atoms with Gasteiger partial charge in [-0.05, 0) is 50.0 Å². The van der Waals surface area contributed by atoms with Crippen LogP contribution in [0.1, 0.15) is 19.3 Å². The number of anilines is 1. The van der Waals surface area contributed by atoms with E-state index < -0.39 is 17.8 Å². The highest BCUT2D eigenvalue weighted by Gasteiger charge is 2.33. The van der Waals surface area contributed by atoms with E-state index in [-0.39, 0.29) is 31.6 Å². The van der Waals surface area contributed by atoms with Crippen molar-refractivity contribution in [3.63, 3.8) is 0 Å². The monoisotopic (exact) mass is 599 g/mol. The molecule has 2 aromatic heterocycles. The number of nitriles is 1. The molecule has 4 heterocycles. The summed E-state index contributed by atoms with van der Waals surface area (Å²) < 4.78 is 19.9. The molecule has 2 atom stereocenters. The van der Waals surface area contributed by atoms with E-state index in [0.717, 1.165) is 35.7 Å². The summed E-state index contributed by atoms with van der Waals surface area (Å²) in [6.45, 7) is 5.49. The predicted octanol–water partition coefficient (Wildman–Crippen LogP) is 5.39. The Labute approximate surface area is 254 Å². The number of likely N-dealkylation sites (N-methyl/N-ethyl adjacent to an activating group) is 1. The number of carbonyl (C=O) groups is 1. The van der Waals surface area contributed by atoms with E-state index in [4.69, 9.17) is 31.3 Å². The molecule has 0 N–H and O–H groups in total. The quantitative estimate of drug-likeness (QED) is 0.261. The molecular formula is C32H31ClFN7O2. The molecule has 0 aliphatic carbocycles. The average molecular weight is 600 g/mol. The predicted molar refractivity (Wildman–Crippen MR) is 165 cm³/mol. The minimum Gasteiger partial charge on any atom is -0.462 e. The molecule has 0 spiro atoms. The number of aromatic nitrogens is 3. The number of hydrogen-bond donors (Lipinski definition) is 0. The van der Waals surface area contributed by atoms with Gasteiger partial charge in [0.05, 0.1) is 29.6 Å². The first-order valence-electron chi connectivity index (χ1n) is 14.3. The molecule has 11 heteroatoms. The van der Waals surface area contributed by atoms with E-state index >= 15 is 0 Å². The number of ether oxygens (including phenoxy) is 1. The molecule has 43 heavy (non-hydrogen) atoms. The highest BCUT2D eigenvalue weighted by Crippen LogP contribution is 2.35. The molecule has 220 valence electrons. The lowest BCUT2D eigenvalue weighted by Gasteiger charge is -2.41. The Balaban J connectivity index is 1.41. The molecule has 2 saturated heterocycles. The minimum absolute atomic E-state index is 0.0418. The van der Waals surface area contributed by atoms with Gasteiger partial charge in [0.25, 0.3) is 5.91 Å². The number of nitrogens with zero attached hydrogens (tertiary/aromatic N) is 7. The Kier molecular flexibility index (Phi) is 8.10. The fraction of sp³-hybridized carbons (Fsp3) is 0.344. The fourth-order valence-electron chi connectivity index (χ4n) is 6.05. The van der Waals surface area contributed by atoms with Crippen LogP contribution in [0.2, 0.25) is 5.02 Å². The molecule has 4 aromatic rings. The van der Waals surface area contributed by atoms with Crippen molar-refractivity contribution in [2.45, 2.75) is 31.3 Å². The Morgan fingerprint density at radius 2 is 1.93 bits per heavy atom. The average Bonchev–Trinajstić information content (AvgIpc) is 3.43. The van der Waals surface area contributed by atoms with Gasteiger partial charge in [-0.1, -0.05) is 48.5 Å². The van der Waals surface area contributed by atoms with Crippen molar-refractivity contribution in [2.24, 2.45) is 0 Å².